The first-order valence-corrected chi connectivity index (χ1v) is 10.6. The molecule has 0 unspecified atom stereocenters. The largest absolute Gasteiger partial charge is 0.504 e. The fourth-order valence-corrected chi connectivity index (χ4v) is 4.04. The smallest absolute Gasteiger partial charge is 0.416 e. The van der Waals surface area contributed by atoms with Gasteiger partial charge >= 0.3 is 6.18 Å². The number of hydrogen-bond acceptors (Lipinski definition) is 6. The number of rotatable bonds is 6. The van der Waals surface area contributed by atoms with Gasteiger partial charge in [0.1, 0.15) is 11.8 Å². The van der Waals surface area contributed by atoms with Crippen molar-refractivity contribution < 1.29 is 31.8 Å². The lowest BCUT2D eigenvalue weighted by atomic mass is 10.2. The Kier molecular flexibility index (Phi) is 7.60. The van der Waals surface area contributed by atoms with Crippen molar-refractivity contribution in [2.24, 2.45) is 4.99 Å². The third-order valence-electron chi connectivity index (χ3n) is 4.23. The summed E-state index contributed by atoms with van der Waals surface area (Å²) >= 11 is 12.1. The Morgan fingerprint density at radius 3 is 2.41 bits per heavy atom. The first-order valence-electron chi connectivity index (χ1n) is 8.91. The van der Waals surface area contributed by atoms with Gasteiger partial charge in [-0.3, -0.25) is 0 Å². The highest BCUT2D eigenvalue weighted by molar-refractivity contribution is 7.99. The number of nitriles is 1. The molecular formula is C20H11Cl2F5N4O2S. The average molecular weight is 537 g/mol. The van der Waals surface area contributed by atoms with Gasteiger partial charge in [0, 0.05) is 6.21 Å². The number of alkyl halides is 5. The second kappa shape index (κ2) is 10.1. The summed E-state index contributed by atoms with van der Waals surface area (Å²) in [5, 5.41) is 22.0. The molecule has 0 radical (unpaired) electrons. The molecule has 34 heavy (non-hydrogen) atoms. The molecule has 0 saturated heterocycles. The zero-order valence-corrected chi connectivity index (χ0v) is 19.1. The number of benzene rings is 2. The molecule has 0 atom stereocenters. The number of phenolic OH excluding ortho intramolecular Hbond substituents is 1. The van der Waals surface area contributed by atoms with Gasteiger partial charge in [0.25, 0.3) is 5.76 Å². The summed E-state index contributed by atoms with van der Waals surface area (Å²) < 4.78 is 71.6. The third kappa shape index (κ3) is 5.38. The Hall–Kier alpha value is -3.01. The highest BCUT2D eigenvalue weighted by atomic mass is 35.5. The molecule has 1 aromatic heterocycles. The predicted molar refractivity (Wildman–Crippen MR) is 117 cm³/mol. The van der Waals surface area contributed by atoms with E-state index in [0.29, 0.717) is 17.7 Å². The van der Waals surface area contributed by atoms with E-state index in [-0.39, 0.29) is 39.7 Å². The summed E-state index contributed by atoms with van der Waals surface area (Å²) in [5.74, 6) is -3.34. The second-order valence-electron chi connectivity index (χ2n) is 6.38. The monoisotopic (exact) mass is 536 g/mol. The zero-order chi connectivity index (χ0) is 25.2. The van der Waals surface area contributed by atoms with Crippen molar-refractivity contribution in [1.29, 1.82) is 5.26 Å². The Labute approximate surface area is 203 Å². The minimum atomic E-state index is -4.75. The van der Waals surface area contributed by atoms with Gasteiger partial charge in [-0.15, -0.1) is 0 Å². The van der Waals surface area contributed by atoms with Crippen LogP contribution in [-0.2, 0) is 6.18 Å². The highest BCUT2D eigenvalue weighted by Gasteiger charge is 2.33. The number of phenols is 1. The molecular weight excluding hydrogens is 526 g/mol. The number of thioether (sulfide) groups is 1. The van der Waals surface area contributed by atoms with E-state index in [0.717, 1.165) is 4.68 Å². The first kappa shape index (κ1) is 25.6. The van der Waals surface area contributed by atoms with Crippen molar-refractivity contribution in [3.05, 3.63) is 57.2 Å². The van der Waals surface area contributed by atoms with E-state index in [4.69, 9.17) is 27.9 Å². The van der Waals surface area contributed by atoms with Crippen LogP contribution in [0.2, 0.25) is 10.0 Å². The van der Waals surface area contributed by atoms with Gasteiger partial charge in [-0.1, -0.05) is 23.2 Å². The van der Waals surface area contributed by atoms with Crippen LogP contribution in [0.1, 0.15) is 16.8 Å². The van der Waals surface area contributed by atoms with E-state index in [9.17, 15) is 32.3 Å². The maximum Gasteiger partial charge on any atom is 0.416 e. The van der Waals surface area contributed by atoms with E-state index in [1.165, 1.54) is 31.5 Å². The van der Waals surface area contributed by atoms with Crippen LogP contribution in [0, 0.1) is 11.3 Å². The third-order valence-corrected chi connectivity index (χ3v) is 5.59. The van der Waals surface area contributed by atoms with E-state index in [1.807, 2.05) is 0 Å². The van der Waals surface area contributed by atoms with Crippen LogP contribution in [0.15, 0.2) is 40.2 Å². The van der Waals surface area contributed by atoms with Crippen LogP contribution in [-0.4, -0.2) is 34.0 Å². The number of hydrogen-bond donors (Lipinski definition) is 1. The number of methoxy groups -OCH3 is 1. The standard InChI is InChI=1S/C20H11Cl2F5N4O2S/c1-33-15-4-9(2-3-14(15)32)8-29-18-17(34-19(23)24)13(7-28)30-31(18)16-11(21)5-10(6-12(16)22)20(25,26)27/h2-6,8,19,32H,1H3/b29-8+. The van der Waals surface area contributed by atoms with Crippen molar-refractivity contribution in [3.63, 3.8) is 0 Å². The van der Waals surface area contributed by atoms with Gasteiger partial charge in [-0.2, -0.15) is 32.3 Å². The van der Waals surface area contributed by atoms with E-state index in [1.54, 1.807) is 6.07 Å². The summed E-state index contributed by atoms with van der Waals surface area (Å²) in [6, 6.07) is 6.96. The number of aromatic nitrogens is 2. The molecule has 0 fully saturated rings. The van der Waals surface area contributed by atoms with Crippen molar-refractivity contribution in [2.45, 2.75) is 16.8 Å². The van der Waals surface area contributed by atoms with Gasteiger partial charge in [0.05, 0.1) is 27.6 Å². The van der Waals surface area contributed by atoms with Gasteiger partial charge in [0.2, 0.25) is 0 Å². The molecule has 178 valence electrons. The number of aliphatic imine (C=N–C) groups is 1. The lowest BCUT2D eigenvalue weighted by Gasteiger charge is -2.13. The quantitative estimate of drug-likeness (QED) is 0.211. The minimum absolute atomic E-state index is 0.0276. The van der Waals surface area contributed by atoms with Crippen LogP contribution in [0.4, 0.5) is 27.8 Å². The number of nitrogens with zero attached hydrogens (tertiary/aromatic N) is 4. The lowest BCUT2D eigenvalue weighted by molar-refractivity contribution is -0.137. The molecule has 1 heterocycles. The molecule has 0 saturated carbocycles. The SMILES string of the molecule is COc1cc(/C=N/c2c(SC(F)F)c(C#N)nn2-c2c(Cl)cc(C(F)(F)F)cc2Cl)ccc1O. The summed E-state index contributed by atoms with van der Waals surface area (Å²) in [6.45, 7) is 0. The Balaban J connectivity index is 2.23. The molecule has 0 bridgehead atoms. The molecule has 0 aliphatic heterocycles. The number of aromatic hydroxyl groups is 1. The molecule has 6 nitrogen and oxygen atoms in total. The van der Waals surface area contributed by atoms with Crippen molar-refractivity contribution >= 4 is 47.0 Å². The van der Waals surface area contributed by atoms with Crippen molar-refractivity contribution in [1.82, 2.24) is 9.78 Å². The van der Waals surface area contributed by atoms with E-state index in [2.05, 4.69) is 10.1 Å². The zero-order valence-electron chi connectivity index (χ0n) is 16.7. The van der Waals surface area contributed by atoms with Gasteiger partial charge in [-0.05, 0) is 47.7 Å². The molecule has 3 rings (SSSR count). The maximum atomic E-state index is 13.2. The van der Waals surface area contributed by atoms with Crippen LogP contribution < -0.4 is 4.74 Å². The molecule has 14 heteroatoms. The molecule has 0 aliphatic carbocycles. The van der Waals surface area contributed by atoms with Crippen molar-refractivity contribution in [3.8, 4) is 23.3 Å². The van der Waals surface area contributed by atoms with Crippen LogP contribution in [0.25, 0.3) is 5.69 Å². The summed E-state index contributed by atoms with van der Waals surface area (Å²) in [7, 11) is 1.32. The van der Waals surface area contributed by atoms with E-state index >= 15 is 0 Å². The highest BCUT2D eigenvalue weighted by Crippen LogP contribution is 2.43. The molecule has 3 aromatic rings. The average Bonchev–Trinajstić information content (AvgIpc) is 3.08. The fraction of sp³-hybridized carbons (Fsp3) is 0.150. The minimum Gasteiger partial charge on any atom is -0.504 e. The summed E-state index contributed by atoms with van der Waals surface area (Å²) in [5.41, 5.74) is -1.53. The van der Waals surface area contributed by atoms with E-state index < -0.39 is 33.2 Å². The fourth-order valence-electron chi connectivity index (χ4n) is 2.78. The van der Waals surface area contributed by atoms with Crippen LogP contribution >= 0.6 is 35.0 Å². The van der Waals surface area contributed by atoms with Crippen LogP contribution in [0.3, 0.4) is 0 Å². The molecule has 0 spiro atoms. The van der Waals surface area contributed by atoms with Gasteiger partial charge in [0.15, 0.2) is 23.0 Å². The normalized spacial score (nSPS) is 11.9. The molecule has 0 aliphatic rings. The second-order valence-corrected chi connectivity index (χ2v) is 8.19. The predicted octanol–water partition coefficient (Wildman–Crippen LogP) is 6.85. The summed E-state index contributed by atoms with van der Waals surface area (Å²) in [4.78, 5) is 3.79. The molecule has 2 aromatic carbocycles. The first-order chi connectivity index (χ1) is 16.0. The Morgan fingerprint density at radius 2 is 1.88 bits per heavy atom. The molecule has 0 amide bonds. The Morgan fingerprint density at radius 1 is 1.24 bits per heavy atom. The number of halogens is 7. The van der Waals surface area contributed by atoms with Crippen LogP contribution in [0.5, 0.6) is 11.5 Å². The summed E-state index contributed by atoms with van der Waals surface area (Å²) in [6.07, 6.45) is -3.55. The maximum absolute atomic E-state index is 13.2. The lowest BCUT2D eigenvalue weighted by Crippen LogP contribution is -2.07. The number of ether oxygens (including phenoxy) is 1. The van der Waals surface area contributed by atoms with Gasteiger partial charge in [-0.25, -0.2) is 9.67 Å². The molecule has 1 N–H and O–H groups in total. The topological polar surface area (TPSA) is 83.4 Å². The Bertz CT molecular complexity index is 1280. The van der Waals surface area contributed by atoms with Gasteiger partial charge < -0.3 is 9.84 Å². The van der Waals surface area contributed by atoms with Crippen molar-refractivity contribution in [2.75, 3.05) is 7.11 Å².